The largest absolute Gasteiger partial charge is 0.340 e. The molecule has 1 saturated heterocycles. The van der Waals surface area contributed by atoms with Gasteiger partial charge in [-0.1, -0.05) is 34.5 Å². The predicted molar refractivity (Wildman–Crippen MR) is 142 cm³/mol. The van der Waals surface area contributed by atoms with Crippen LogP contribution >= 0.6 is 0 Å². The van der Waals surface area contributed by atoms with Gasteiger partial charge in [-0.2, -0.15) is 5.26 Å². The van der Waals surface area contributed by atoms with Crippen LogP contribution in [0.3, 0.4) is 0 Å². The fraction of sp³-hybridized carbons (Fsp3) is 0.414. The molecule has 5 rings (SSSR count). The molecule has 8 nitrogen and oxygen atoms in total. The summed E-state index contributed by atoms with van der Waals surface area (Å²) < 4.78 is 1.80. The summed E-state index contributed by atoms with van der Waals surface area (Å²) in [5.41, 5.74) is 4.56. The molecular weight excluding hydrogens is 464 g/mol. The number of amides is 2. The van der Waals surface area contributed by atoms with Crippen molar-refractivity contribution < 1.29 is 14.3 Å². The van der Waals surface area contributed by atoms with E-state index in [1.165, 1.54) is 11.1 Å². The smallest absolute Gasteiger partial charge is 0.251 e. The number of carbonyl (C=O) groups excluding carboxylic acids is 2. The van der Waals surface area contributed by atoms with Crippen molar-refractivity contribution in [3.05, 3.63) is 70.8 Å². The molecule has 2 amide bonds. The fourth-order valence-electron chi connectivity index (χ4n) is 5.24. The molecule has 1 unspecified atom stereocenters. The molecule has 0 aromatic heterocycles. The fourth-order valence-corrected chi connectivity index (χ4v) is 5.24. The minimum absolute atomic E-state index is 0.0703. The number of nitriles is 1. The third-order valence-corrected chi connectivity index (χ3v) is 7.44. The molecule has 2 aromatic carbocycles. The summed E-state index contributed by atoms with van der Waals surface area (Å²) in [4.78, 5) is 28.3. The Morgan fingerprint density at radius 3 is 2.65 bits per heavy atom. The van der Waals surface area contributed by atoms with Crippen molar-refractivity contribution in [2.45, 2.75) is 44.2 Å². The topological polar surface area (TPSA) is 101 Å². The molecule has 0 bridgehead atoms. The van der Waals surface area contributed by atoms with Crippen LogP contribution in [-0.2, 0) is 4.79 Å². The first kappa shape index (κ1) is 24.8. The van der Waals surface area contributed by atoms with Crippen molar-refractivity contribution in [1.82, 2.24) is 15.5 Å². The van der Waals surface area contributed by atoms with Crippen LogP contribution in [0.1, 0.15) is 52.2 Å². The van der Waals surface area contributed by atoms with Crippen LogP contribution in [0.5, 0.6) is 0 Å². The molecule has 2 heterocycles. The predicted octanol–water partition coefficient (Wildman–Crippen LogP) is 2.43. The zero-order valence-corrected chi connectivity index (χ0v) is 21.4. The first-order valence-corrected chi connectivity index (χ1v) is 13.0. The van der Waals surface area contributed by atoms with E-state index in [2.05, 4.69) is 53.0 Å². The number of hydrogen-bond donors (Lipinski definition) is 2. The maximum atomic E-state index is 13.5. The van der Waals surface area contributed by atoms with Crippen molar-refractivity contribution in [3.63, 3.8) is 0 Å². The van der Waals surface area contributed by atoms with Crippen LogP contribution in [0.4, 0.5) is 0 Å². The Morgan fingerprint density at radius 1 is 1.19 bits per heavy atom. The summed E-state index contributed by atoms with van der Waals surface area (Å²) in [6.07, 6.45) is 4.47. The van der Waals surface area contributed by atoms with Crippen LogP contribution < -0.4 is 10.6 Å². The normalized spacial score (nSPS) is 22.5. The van der Waals surface area contributed by atoms with E-state index in [1.54, 1.807) is 33.8 Å². The number of nitrogens with zero attached hydrogens (tertiary/aromatic N) is 4. The molecule has 8 heteroatoms. The lowest BCUT2D eigenvalue weighted by atomic mass is 10.1. The molecule has 2 aliphatic heterocycles. The van der Waals surface area contributed by atoms with Gasteiger partial charge < -0.3 is 15.5 Å². The third kappa shape index (κ3) is 5.78. The highest BCUT2D eigenvalue weighted by Gasteiger charge is 2.40. The molecule has 37 heavy (non-hydrogen) atoms. The number of hydrogen-bond acceptors (Lipinski definition) is 5. The summed E-state index contributed by atoms with van der Waals surface area (Å²) in [6, 6.07) is 17.1. The van der Waals surface area contributed by atoms with E-state index in [9.17, 15) is 9.59 Å². The molecule has 0 radical (unpaired) electrons. The van der Waals surface area contributed by atoms with Gasteiger partial charge in [-0.05, 0) is 67.7 Å². The van der Waals surface area contributed by atoms with Crippen LogP contribution in [-0.4, -0.2) is 72.1 Å². The van der Waals surface area contributed by atoms with E-state index >= 15 is 0 Å². The molecule has 190 valence electrons. The standard InChI is InChI=1S/C29H32N6O2/c1-19-5-9-21(10-6-19)24-14-26(24)31-13-3-4-25(32-28(36)22-11-7-20(15-30)8-12-22)29(37)35-17-23-16-34(2)33-27(23)18-35/h5-12,16,23-26,31H,3-4,13-14,17-18H2,1-2H3/p+1/t23?,24-,25-,26+/m0/s1. The van der Waals surface area contributed by atoms with E-state index < -0.39 is 6.04 Å². The van der Waals surface area contributed by atoms with Gasteiger partial charge in [0.05, 0.1) is 18.2 Å². The first-order valence-electron chi connectivity index (χ1n) is 13.0. The highest BCUT2D eigenvalue weighted by molar-refractivity contribution is 6.05. The van der Waals surface area contributed by atoms with E-state index in [0.29, 0.717) is 42.6 Å². The molecule has 3 aliphatic rings. The number of hydrazone groups is 1. The summed E-state index contributed by atoms with van der Waals surface area (Å²) in [5.74, 6) is 0.326. The summed E-state index contributed by atoms with van der Waals surface area (Å²) in [6.45, 7) is 3.97. The van der Waals surface area contributed by atoms with E-state index in [4.69, 9.17) is 5.26 Å². The van der Waals surface area contributed by atoms with Crippen molar-refractivity contribution in [3.8, 4) is 6.07 Å². The second-order valence-electron chi connectivity index (χ2n) is 10.3. The molecule has 0 spiro atoms. The molecule has 4 atom stereocenters. The van der Waals surface area contributed by atoms with Crippen molar-refractivity contribution in [1.29, 1.82) is 5.26 Å². The van der Waals surface area contributed by atoms with Gasteiger partial charge in [-0.25, -0.2) is 0 Å². The number of carbonyl (C=O) groups is 2. The molecule has 2 aromatic rings. The number of benzene rings is 2. The summed E-state index contributed by atoms with van der Waals surface area (Å²) >= 11 is 0. The molecule has 2 fully saturated rings. The van der Waals surface area contributed by atoms with E-state index in [-0.39, 0.29) is 17.7 Å². The SMILES string of the molecule is Cc1ccc([C@@H]2C[C@H]2NCCC[C@H](NC(=O)c2ccc(C#N)cc2)C(=O)N2CC3=N[N+](C)=CC3C2)cc1. The Hall–Kier alpha value is -3.83. The highest BCUT2D eigenvalue weighted by atomic mass is 16.2. The average Bonchev–Trinajstić information content (AvgIpc) is 3.44. The Balaban J connectivity index is 1.18. The third-order valence-electron chi connectivity index (χ3n) is 7.44. The monoisotopic (exact) mass is 497 g/mol. The van der Waals surface area contributed by atoms with Crippen LogP contribution in [0.15, 0.2) is 53.6 Å². The summed E-state index contributed by atoms with van der Waals surface area (Å²) in [7, 11) is 1.90. The van der Waals surface area contributed by atoms with Gasteiger partial charge in [-0.3, -0.25) is 9.59 Å². The quantitative estimate of drug-likeness (QED) is 0.411. The zero-order chi connectivity index (χ0) is 25.9. The lowest BCUT2D eigenvalue weighted by Crippen LogP contribution is -2.48. The maximum absolute atomic E-state index is 13.5. The number of nitrogens with one attached hydrogen (secondary N) is 2. The van der Waals surface area contributed by atoms with Gasteiger partial charge in [0.2, 0.25) is 5.91 Å². The van der Waals surface area contributed by atoms with Crippen molar-refractivity contribution >= 4 is 23.7 Å². The Bertz CT molecular complexity index is 1270. The summed E-state index contributed by atoms with van der Waals surface area (Å²) in [5, 5.41) is 20.1. The molecule has 2 N–H and O–H groups in total. The zero-order valence-electron chi connectivity index (χ0n) is 21.4. The second kappa shape index (κ2) is 10.7. The average molecular weight is 498 g/mol. The molecule has 1 saturated carbocycles. The highest BCUT2D eigenvalue weighted by Crippen LogP contribution is 2.40. The minimum Gasteiger partial charge on any atom is -0.340 e. The number of fused-ring (bicyclic) bond motifs is 1. The maximum Gasteiger partial charge on any atom is 0.251 e. The number of rotatable bonds is 9. The van der Waals surface area contributed by atoms with E-state index in [1.807, 2.05) is 13.3 Å². The van der Waals surface area contributed by atoms with E-state index in [0.717, 1.165) is 25.1 Å². The Morgan fingerprint density at radius 2 is 1.95 bits per heavy atom. The Labute approximate surface area is 217 Å². The van der Waals surface area contributed by atoms with Crippen LogP contribution in [0.25, 0.3) is 0 Å². The first-order chi connectivity index (χ1) is 17.9. The lowest BCUT2D eigenvalue weighted by Gasteiger charge is -2.24. The number of likely N-dealkylation sites (tertiary alicyclic amines) is 1. The van der Waals surface area contributed by atoms with Gasteiger partial charge in [0, 0.05) is 24.1 Å². The van der Waals surface area contributed by atoms with Gasteiger partial charge in [-0.15, -0.1) is 0 Å². The minimum atomic E-state index is -0.616. The van der Waals surface area contributed by atoms with Crippen LogP contribution in [0, 0.1) is 24.2 Å². The van der Waals surface area contributed by atoms with Crippen molar-refractivity contribution in [2.75, 3.05) is 26.7 Å². The van der Waals surface area contributed by atoms with Gasteiger partial charge in [0.1, 0.15) is 17.7 Å². The van der Waals surface area contributed by atoms with Crippen molar-refractivity contribution in [2.24, 2.45) is 11.0 Å². The van der Waals surface area contributed by atoms with Gasteiger partial charge in [0.25, 0.3) is 5.91 Å². The van der Waals surface area contributed by atoms with Gasteiger partial charge in [0.15, 0.2) is 13.3 Å². The molecule has 1 aliphatic carbocycles. The second-order valence-corrected chi connectivity index (χ2v) is 10.3. The lowest BCUT2D eigenvalue weighted by molar-refractivity contribution is -0.495. The van der Waals surface area contributed by atoms with Crippen LogP contribution in [0.2, 0.25) is 0 Å². The van der Waals surface area contributed by atoms with Gasteiger partial charge >= 0.3 is 0 Å². The Kier molecular flexibility index (Phi) is 7.15. The number of aryl methyl sites for hydroxylation is 1. The molecular formula is C29H33N6O2+.